The number of esters is 1. The number of nitrogens with zero attached hydrogens (tertiary/aromatic N) is 1. The third kappa shape index (κ3) is 5.74. The van der Waals surface area contributed by atoms with E-state index in [9.17, 15) is 13.2 Å². The maximum absolute atomic E-state index is 12.0. The Bertz CT molecular complexity index is 907. The lowest BCUT2D eigenvalue weighted by atomic mass is 10.2. The molecule has 0 aromatic heterocycles. The Balaban J connectivity index is 1.75. The van der Waals surface area contributed by atoms with Gasteiger partial charge in [-0.2, -0.15) is 9.98 Å². The van der Waals surface area contributed by atoms with E-state index in [1.54, 1.807) is 24.3 Å². The SMILES string of the molecule is N#Cc1ccc(S(=O)(=O)NCC(=O)OCCOc2ccccc2Cl)cc1. The zero-order chi connectivity index (χ0) is 19.0. The van der Waals surface area contributed by atoms with Crippen molar-refractivity contribution in [2.24, 2.45) is 0 Å². The van der Waals surface area contributed by atoms with E-state index >= 15 is 0 Å². The quantitative estimate of drug-likeness (QED) is 0.543. The number of hydrogen-bond donors (Lipinski definition) is 1. The standard InChI is InChI=1S/C17H15ClN2O5S/c18-15-3-1-2-4-16(15)24-9-10-25-17(21)12-20-26(22,23)14-7-5-13(11-19)6-8-14/h1-8,20H,9-10,12H2. The first kappa shape index (κ1) is 19.7. The van der Waals surface area contributed by atoms with Gasteiger partial charge in [0.1, 0.15) is 25.5 Å². The molecule has 9 heteroatoms. The van der Waals surface area contributed by atoms with Crippen molar-refractivity contribution in [1.82, 2.24) is 4.72 Å². The van der Waals surface area contributed by atoms with Crippen molar-refractivity contribution in [1.29, 1.82) is 5.26 Å². The molecule has 0 heterocycles. The lowest BCUT2D eigenvalue weighted by molar-refractivity contribution is -0.142. The lowest BCUT2D eigenvalue weighted by Crippen LogP contribution is -2.31. The average molecular weight is 395 g/mol. The van der Waals surface area contributed by atoms with Gasteiger partial charge >= 0.3 is 5.97 Å². The summed E-state index contributed by atoms with van der Waals surface area (Å²) in [5.41, 5.74) is 0.335. The van der Waals surface area contributed by atoms with Crippen molar-refractivity contribution in [2.45, 2.75) is 4.90 Å². The minimum atomic E-state index is -3.87. The highest BCUT2D eigenvalue weighted by molar-refractivity contribution is 7.89. The van der Waals surface area contributed by atoms with Gasteiger partial charge in [-0.05, 0) is 36.4 Å². The number of halogens is 1. The van der Waals surface area contributed by atoms with Crippen molar-refractivity contribution in [3.05, 3.63) is 59.1 Å². The van der Waals surface area contributed by atoms with Gasteiger partial charge in [0, 0.05) is 0 Å². The summed E-state index contributed by atoms with van der Waals surface area (Å²) in [6.07, 6.45) is 0. The van der Waals surface area contributed by atoms with Crippen LogP contribution in [0.3, 0.4) is 0 Å². The summed E-state index contributed by atoms with van der Waals surface area (Å²) >= 11 is 5.92. The van der Waals surface area contributed by atoms with Gasteiger partial charge < -0.3 is 9.47 Å². The minimum Gasteiger partial charge on any atom is -0.488 e. The molecule has 0 unspecified atom stereocenters. The Hall–Kier alpha value is -2.60. The van der Waals surface area contributed by atoms with Crippen LogP contribution < -0.4 is 9.46 Å². The number of carbonyl (C=O) groups is 1. The number of nitrogens with one attached hydrogen (secondary N) is 1. The van der Waals surface area contributed by atoms with Gasteiger partial charge in [-0.1, -0.05) is 23.7 Å². The summed E-state index contributed by atoms with van der Waals surface area (Å²) < 4.78 is 36.5. The molecule has 0 aliphatic rings. The largest absolute Gasteiger partial charge is 0.488 e. The summed E-state index contributed by atoms with van der Waals surface area (Å²) in [4.78, 5) is 11.6. The second kappa shape index (κ2) is 9.20. The van der Waals surface area contributed by atoms with Crippen LogP contribution in [0, 0.1) is 11.3 Å². The van der Waals surface area contributed by atoms with E-state index < -0.39 is 22.5 Å². The first-order chi connectivity index (χ1) is 12.4. The van der Waals surface area contributed by atoms with E-state index in [1.165, 1.54) is 24.3 Å². The molecule has 136 valence electrons. The normalized spacial score (nSPS) is 10.8. The van der Waals surface area contributed by atoms with E-state index in [1.807, 2.05) is 6.07 Å². The first-order valence-electron chi connectivity index (χ1n) is 7.45. The van der Waals surface area contributed by atoms with Crippen LogP contribution >= 0.6 is 11.6 Å². The van der Waals surface area contributed by atoms with E-state index in [0.717, 1.165) is 0 Å². The maximum atomic E-state index is 12.0. The highest BCUT2D eigenvalue weighted by atomic mass is 35.5. The molecule has 0 saturated carbocycles. The summed E-state index contributed by atoms with van der Waals surface area (Å²) in [6.45, 7) is -0.491. The van der Waals surface area contributed by atoms with Crippen molar-refractivity contribution >= 4 is 27.6 Å². The first-order valence-corrected chi connectivity index (χ1v) is 9.31. The molecule has 2 aromatic carbocycles. The Labute approximate surface area is 156 Å². The molecule has 0 spiro atoms. The number of ether oxygens (including phenoxy) is 2. The molecule has 0 amide bonds. The zero-order valence-electron chi connectivity index (χ0n) is 13.5. The number of sulfonamides is 1. The highest BCUT2D eigenvalue weighted by Gasteiger charge is 2.16. The number of hydrogen-bond acceptors (Lipinski definition) is 6. The summed E-state index contributed by atoms with van der Waals surface area (Å²) in [5, 5.41) is 9.14. The molecule has 0 atom stereocenters. The molecule has 0 bridgehead atoms. The Morgan fingerprint density at radius 1 is 1.12 bits per heavy atom. The lowest BCUT2D eigenvalue weighted by Gasteiger charge is -2.09. The van der Waals surface area contributed by atoms with Gasteiger partial charge in [0.2, 0.25) is 10.0 Å². The molecule has 2 rings (SSSR count). The fourth-order valence-electron chi connectivity index (χ4n) is 1.87. The predicted octanol–water partition coefficient (Wildman–Crippen LogP) is 2.11. The maximum Gasteiger partial charge on any atom is 0.321 e. The van der Waals surface area contributed by atoms with Crippen molar-refractivity contribution < 1.29 is 22.7 Å². The van der Waals surface area contributed by atoms with Crippen LogP contribution in [0.5, 0.6) is 5.75 Å². The van der Waals surface area contributed by atoms with Crippen LogP contribution in [-0.2, 0) is 19.6 Å². The van der Waals surface area contributed by atoms with E-state index in [-0.39, 0.29) is 18.1 Å². The number of rotatable bonds is 8. The van der Waals surface area contributed by atoms with Gasteiger partial charge in [-0.15, -0.1) is 0 Å². The Kier molecular flexibility index (Phi) is 6.97. The van der Waals surface area contributed by atoms with E-state index in [4.69, 9.17) is 26.3 Å². The average Bonchev–Trinajstić information content (AvgIpc) is 2.65. The number of para-hydroxylation sites is 1. The molecule has 0 saturated heterocycles. The molecule has 0 aliphatic carbocycles. The third-order valence-electron chi connectivity index (χ3n) is 3.14. The molecule has 0 fully saturated rings. The molecular formula is C17H15ClN2O5S. The highest BCUT2D eigenvalue weighted by Crippen LogP contribution is 2.22. The van der Waals surface area contributed by atoms with E-state index in [2.05, 4.69) is 4.72 Å². The van der Waals surface area contributed by atoms with Crippen molar-refractivity contribution in [3.63, 3.8) is 0 Å². The van der Waals surface area contributed by atoms with Crippen LogP contribution in [0.2, 0.25) is 5.02 Å². The molecule has 2 aromatic rings. The third-order valence-corrected chi connectivity index (χ3v) is 4.87. The van der Waals surface area contributed by atoms with Crippen LogP contribution in [0.25, 0.3) is 0 Å². The van der Waals surface area contributed by atoms with Crippen LogP contribution in [0.15, 0.2) is 53.4 Å². The monoisotopic (exact) mass is 394 g/mol. The molecule has 0 radical (unpaired) electrons. The van der Waals surface area contributed by atoms with Gasteiger partial charge in [-0.3, -0.25) is 4.79 Å². The summed E-state index contributed by atoms with van der Waals surface area (Å²) in [5.74, 6) is -0.281. The topological polar surface area (TPSA) is 105 Å². The second-order valence-corrected chi connectivity index (χ2v) is 7.13. The van der Waals surface area contributed by atoms with Crippen LogP contribution in [0.1, 0.15) is 5.56 Å². The smallest absolute Gasteiger partial charge is 0.321 e. The summed E-state index contributed by atoms with van der Waals surface area (Å²) in [6, 6.07) is 14.1. The number of benzene rings is 2. The van der Waals surface area contributed by atoms with Crippen molar-refractivity contribution in [3.8, 4) is 11.8 Å². The molecule has 26 heavy (non-hydrogen) atoms. The van der Waals surface area contributed by atoms with Crippen molar-refractivity contribution in [2.75, 3.05) is 19.8 Å². The minimum absolute atomic E-state index is 0.0497. The van der Waals surface area contributed by atoms with E-state index in [0.29, 0.717) is 16.3 Å². The Morgan fingerprint density at radius 3 is 2.46 bits per heavy atom. The molecular weight excluding hydrogens is 380 g/mol. The second-order valence-electron chi connectivity index (χ2n) is 4.96. The van der Waals surface area contributed by atoms with Gasteiger partial charge in [0.15, 0.2) is 0 Å². The Morgan fingerprint density at radius 2 is 1.81 bits per heavy atom. The zero-order valence-corrected chi connectivity index (χ0v) is 15.1. The van der Waals surface area contributed by atoms with Crippen LogP contribution in [0.4, 0.5) is 0 Å². The van der Waals surface area contributed by atoms with Gasteiger partial charge in [-0.25, -0.2) is 8.42 Å². The molecule has 7 nitrogen and oxygen atoms in total. The fourth-order valence-corrected chi connectivity index (χ4v) is 3.03. The number of carbonyl (C=O) groups excluding carboxylic acids is 1. The molecule has 0 aliphatic heterocycles. The summed E-state index contributed by atoms with van der Waals surface area (Å²) in [7, 11) is -3.87. The predicted molar refractivity (Wildman–Crippen MR) is 94.3 cm³/mol. The van der Waals surface area contributed by atoms with Gasteiger partial charge in [0.05, 0.1) is 21.6 Å². The van der Waals surface area contributed by atoms with Crippen LogP contribution in [-0.4, -0.2) is 34.1 Å². The molecule has 1 N–H and O–H groups in total. The number of nitriles is 1. The fraction of sp³-hybridized carbons (Fsp3) is 0.176. The van der Waals surface area contributed by atoms with Gasteiger partial charge in [0.25, 0.3) is 0 Å².